The minimum Gasteiger partial charge on any atom is -0.296 e. The molecule has 1 aliphatic rings. The number of amides is 1. The van der Waals surface area contributed by atoms with E-state index in [-0.39, 0.29) is 5.91 Å². The van der Waals surface area contributed by atoms with Crippen molar-refractivity contribution in [2.45, 2.75) is 0 Å². The van der Waals surface area contributed by atoms with Crippen LogP contribution in [0, 0.1) is 0 Å². The summed E-state index contributed by atoms with van der Waals surface area (Å²) in [6.45, 7) is 0. The monoisotopic (exact) mass is 303 g/mol. The standard InChI is InChI=1S/C11H7Cl2NOS2/c1-14-10(15)9(17-11(14)16)4-6-2-3-7(12)5-8(6)13/h2-5H,1H3/b9-4+. The number of carbonyl (C=O) groups excluding carboxylic acids is 1. The second kappa shape index (κ2) is 4.98. The van der Waals surface area contributed by atoms with Crippen LogP contribution < -0.4 is 0 Å². The van der Waals surface area contributed by atoms with Crippen LogP contribution >= 0.6 is 47.2 Å². The normalized spacial score (nSPS) is 18.3. The van der Waals surface area contributed by atoms with Gasteiger partial charge in [-0.15, -0.1) is 0 Å². The Kier molecular flexibility index (Phi) is 3.78. The molecule has 0 N–H and O–H groups in total. The van der Waals surface area contributed by atoms with Gasteiger partial charge in [0.15, 0.2) is 0 Å². The fraction of sp³-hybridized carbons (Fsp3) is 0.0909. The third kappa shape index (κ3) is 2.65. The van der Waals surface area contributed by atoms with Crippen LogP contribution in [0.5, 0.6) is 0 Å². The second-order valence-corrected chi connectivity index (χ2v) is 5.93. The van der Waals surface area contributed by atoms with Crippen molar-refractivity contribution in [2.24, 2.45) is 0 Å². The first-order valence-electron chi connectivity index (χ1n) is 4.65. The lowest BCUT2D eigenvalue weighted by Crippen LogP contribution is -2.22. The fourth-order valence-electron chi connectivity index (χ4n) is 1.31. The van der Waals surface area contributed by atoms with Crippen LogP contribution in [0.2, 0.25) is 10.0 Å². The zero-order valence-electron chi connectivity index (χ0n) is 8.74. The van der Waals surface area contributed by atoms with Crippen molar-refractivity contribution >= 4 is 63.5 Å². The number of rotatable bonds is 1. The molecule has 17 heavy (non-hydrogen) atoms. The van der Waals surface area contributed by atoms with E-state index in [0.717, 1.165) is 5.56 Å². The van der Waals surface area contributed by atoms with Crippen LogP contribution in [0.1, 0.15) is 5.56 Å². The van der Waals surface area contributed by atoms with Gasteiger partial charge in [-0.3, -0.25) is 9.69 Å². The van der Waals surface area contributed by atoms with E-state index in [2.05, 4.69) is 0 Å². The first-order valence-corrected chi connectivity index (χ1v) is 6.63. The number of halogens is 2. The van der Waals surface area contributed by atoms with Gasteiger partial charge in [-0.2, -0.15) is 0 Å². The largest absolute Gasteiger partial charge is 0.296 e. The summed E-state index contributed by atoms with van der Waals surface area (Å²) in [5.41, 5.74) is 0.755. The van der Waals surface area contributed by atoms with Crippen molar-refractivity contribution < 1.29 is 4.79 Å². The van der Waals surface area contributed by atoms with Crippen molar-refractivity contribution in [1.82, 2.24) is 4.90 Å². The Bertz CT molecular complexity index is 542. The van der Waals surface area contributed by atoms with Crippen LogP contribution in [0.15, 0.2) is 23.1 Å². The van der Waals surface area contributed by atoms with Crippen LogP contribution in [0.25, 0.3) is 6.08 Å². The molecule has 1 aromatic carbocycles. The molecule has 6 heteroatoms. The van der Waals surface area contributed by atoms with E-state index in [9.17, 15) is 4.79 Å². The molecular weight excluding hydrogens is 297 g/mol. The molecule has 2 rings (SSSR count). The Balaban J connectivity index is 2.37. The zero-order valence-corrected chi connectivity index (χ0v) is 11.9. The molecule has 1 aromatic rings. The van der Waals surface area contributed by atoms with Crippen molar-refractivity contribution in [3.05, 3.63) is 38.7 Å². The molecule has 1 amide bonds. The predicted octanol–water partition coefficient (Wildman–Crippen LogP) is 3.82. The molecule has 1 aliphatic heterocycles. The minimum absolute atomic E-state index is 0.106. The third-order valence-corrected chi connectivity index (χ3v) is 4.28. The van der Waals surface area contributed by atoms with Crippen molar-refractivity contribution in [1.29, 1.82) is 0 Å². The van der Waals surface area contributed by atoms with E-state index in [0.29, 0.717) is 19.3 Å². The number of thioether (sulfide) groups is 1. The first-order chi connectivity index (χ1) is 7.99. The van der Waals surface area contributed by atoms with Crippen LogP contribution in [0.4, 0.5) is 0 Å². The van der Waals surface area contributed by atoms with E-state index in [1.165, 1.54) is 16.7 Å². The van der Waals surface area contributed by atoms with Gasteiger partial charge in [-0.05, 0) is 23.8 Å². The molecule has 0 bridgehead atoms. The number of carbonyl (C=O) groups is 1. The molecule has 1 heterocycles. The topological polar surface area (TPSA) is 20.3 Å². The number of likely N-dealkylation sites (N-methyl/N-ethyl adjacent to an activating group) is 1. The molecule has 0 radical (unpaired) electrons. The lowest BCUT2D eigenvalue weighted by molar-refractivity contribution is -0.121. The summed E-state index contributed by atoms with van der Waals surface area (Å²) < 4.78 is 0.548. The smallest absolute Gasteiger partial charge is 0.265 e. The average molecular weight is 304 g/mol. The highest BCUT2D eigenvalue weighted by atomic mass is 35.5. The lowest BCUT2D eigenvalue weighted by Gasteiger charge is -2.03. The second-order valence-electron chi connectivity index (χ2n) is 3.41. The summed E-state index contributed by atoms with van der Waals surface area (Å²) in [6, 6.07) is 5.14. The fourth-order valence-corrected chi connectivity index (χ4v) is 2.94. The molecule has 88 valence electrons. The highest BCUT2D eigenvalue weighted by Crippen LogP contribution is 2.33. The van der Waals surface area contributed by atoms with Gasteiger partial charge in [0, 0.05) is 17.1 Å². The van der Waals surface area contributed by atoms with E-state index in [1.54, 1.807) is 31.3 Å². The van der Waals surface area contributed by atoms with Crippen LogP contribution in [0.3, 0.4) is 0 Å². The Morgan fingerprint density at radius 1 is 1.41 bits per heavy atom. The Hall–Kier alpha value is -0.550. The predicted molar refractivity (Wildman–Crippen MR) is 77.4 cm³/mol. The van der Waals surface area contributed by atoms with E-state index in [1.807, 2.05) is 0 Å². The van der Waals surface area contributed by atoms with E-state index in [4.69, 9.17) is 35.4 Å². The van der Waals surface area contributed by atoms with Crippen LogP contribution in [-0.2, 0) is 4.79 Å². The van der Waals surface area contributed by atoms with Gasteiger partial charge >= 0.3 is 0 Å². The number of thiocarbonyl (C=S) groups is 1. The maximum Gasteiger partial charge on any atom is 0.265 e. The van der Waals surface area contributed by atoms with Gasteiger partial charge in [-0.25, -0.2) is 0 Å². The number of nitrogens with zero attached hydrogens (tertiary/aromatic N) is 1. The Labute approximate surface area is 119 Å². The highest BCUT2D eigenvalue weighted by Gasteiger charge is 2.28. The Morgan fingerprint density at radius 3 is 2.65 bits per heavy atom. The average Bonchev–Trinajstić information content (AvgIpc) is 2.50. The molecule has 0 spiro atoms. The van der Waals surface area contributed by atoms with Gasteiger partial charge < -0.3 is 0 Å². The molecule has 1 fully saturated rings. The summed E-state index contributed by atoms with van der Waals surface area (Å²) in [5, 5.41) is 1.08. The van der Waals surface area contributed by atoms with E-state index < -0.39 is 0 Å². The summed E-state index contributed by atoms with van der Waals surface area (Å²) in [5.74, 6) is -0.106. The number of hydrogen-bond acceptors (Lipinski definition) is 3. The van der Waals surface area contributed by atoms with Gasteiger partial charge in [0.1, 0.15) is 4.32 Å². The molecule has 0 unspecified atom stereocenters. The molecule has 0 atom stereocenters. The maximum atomic E-state index is 11.8. The third-order valence-electron chi connectivity index (χ3n) is 2.24. The van der Waals surface area contributed by atoms with Gasteiger partial charge in [0.05, 0.1) is 4.91 Å². The summed E-state index contributed by atoms with van der Waals surface area (Å²) in [7, 11) is 1.65. The number of hydrogen-bond donors (Lipinski definition) is 0. The van der Waals surface area contributed by atoms with Crippen molar-refractivity contribution in [3.63, 3.8) is 0 Å². The lowest BCUT2D eigenvalue weighted by atomic mass is 10.2. The summed E-state index contributed by atoms with van der Waals surface area (Å²) >= 11 is 18.1. The SMILES string of the molecule is CN1C(=O)/C(=C\c2ccc(Cl)cc2Cl)SC1=S. The molecular formula is C11H7Cl2NOS2. The van der Waals surface area contributed by atoms with Crippen molar-refractivity contribution in [3.8, 4) is 0 Å². The van der Waals surface area contributed by atoms with E-state index >= 15 is 0 Å². The van der Waals surface area contributed by atoms with Gasteiger partial charge in [0.25, 0.3) is 5.91 Å². The molecule has 0 saturated carbocycles. The number of benzene rings is 1. The molecule has 2 nitrogen and oxygen atoms in total. The molecule has 0 aliphatic carbocycles. The van der Waals surface area contributed by atoms with Crippen molar-refractivity contribution in [2.75, 3.05) is 7.05 Å². The zero-order chi connectivity index (χ0) is 12.6. The van der Waals surface area contributed by atoms with Gasteiger partial charge in [-0.1, -0.05) is 53.2 Å². The minimum atomic E-state index is -0.106. The molecule has 0 aromatic heterocycles. The summed E-state index contributed by atoms with van der Waals surface area (Å²) in [4.78, 5) is 13.8. The Morgan fingerprint density at radius 2 is 2.12 bits per heavy atom. The highest BCUT2D eigenvalue weighted by molar-refractivity contribution is 8.26. The molecule has 1 saturated heterocycles. The summed E-state index contributed by atoms with van der Waals surface area (Å²) in [6.07, 6.45) is 1.72. The van der Waals surface area contributed by atoms with Gasteiger partial charge in [0.2, 0.25) is 0 Å². The maximum absolute atomic E-state index is 11.8. The first kappa shape index (κ1) is 12.9. The van der Waals surface area contributed by atoms with Crippen LogP contribution in [-0.4, -0.2) is 22.2 Å². The quantitative estimate of drug-likeness (QED) is 0.581.